The van der Waals surface area contributed by atoms with Crippen molar-refractivity contribution in [2.45, 2.75) is 45.8 Å². The standard InChI is InChI=1S/C37H38F3N3O2/c1-4-10-33(44)35(28-11-6-5-7-12-28)43-21-19-42(20-22-43)30-23-25(2)34(26(3)24-30)41-36(45)32-14-9-8-13-31(32)27-15-17-29(18-16-27)37(38,39)40/h5-9,11-18,23-24,35H,4,10,19-22H2,1-3H3,(H,41,45). The van der Waals surface area contributed by atoms with Crippen LogP contribution in [0.5, 0.6) is 0 Å². The van der Waals surface area contributed by atoms with Crippen LogP contribution in [0.15, 0.2) is 91.0 Å². The summed E-state index contributed by atoms with van der Waals surface area (Å²) < 4.78 is 39.2. The third-order valence-electron chi connectivity index (χ3n) is 8.41. The number of carbonyl (C=O) groups excluding carboxylic acids is 2. The van der Waals surface area contributed by atoms with Gasteiger partial charge < -0.3 is 10.2 Å². The van der Waals surface area contributed by atoms with Gasteiger partial charge in [0, 0.05) is 49.5 Å². The van der Waals surface area contributed by atoms with E-state index in [1.165, 1.54) is 12.1 Å². The highest BCUT2D eigenvalue weighted by Gasteiger charge is 2.31. The number of carbonyl (C=O) groups is 2. The highest BCUT2D eigenvalue weighted by molar-refractivity contribution is 6.09. The summed E-state index contributed by atoms with van der Waals surface area (Å²) in [5.41, 5.74) is 5.35. The monoisotopic (exact) mass is 613 g/mol. The first kappa shape index (κ1) is 32.0. The van der Waals surface area contributed by atoms with Crippen molar-refractivity contribution in [3.05, 3.63) is 119 Å². The summed E-state index contributed by atoms with van der Waals surface area (Å²) in [7, 11) is 0. The van der Waals surface area contributed by atoms with Gasteiger partial charge in [-0.15, -0.1) is 0 Å². The lowest BCUT2D eigenvalue weighted by Crippen LogP contribution is -2.49. The predicted octanol–water partition coefficient (Wildman–Crippen LogP) is 8.47. The zero-order valence-electron chi connectivity index (χ0n) is 25.8. The number of halogens is 3. The molecule has 1 heterocycles. The molecule has 1 N–H and O–H groups in total. The van der Waals surface area contributed by atoms with Gasteiger partial charge in [0.05, 0.1) is 11.6 Å². The predicted molar refractivity (Wildman–Crippen MR) is 174 cm³/mol. The second kappa shape index (κ2) is 13.7. The number of anilines is 2. The Bertz CT molecular complexity index is 1620. The molecular weight excluding hydrogens is 575 g/mol. The molecule has 1 unspecified atom stereocenters. The van der Waals surface area contributed by atoms with Crippen LogP contribution in [0.25, 0.3) is 11.1 Å². The van der Waals surface area contributed by atoms with E-state index in [-0.39, 0.29) is 17.7 Å². The molecule has 1 aliphatic heterocycles. The fraction of sp³-hybridized carbons (Fsp3) is 0.297. The SMILES string of the molecule is CCCC(=O)C(c1ccccc1)N1CCN(c2cc(C)c(NC(=O)c3ccccc3-c3ccc(C(F)(F)F)cc3)c(C)c2)CC1. The number of benzene rings is 4. The molecule has 4 aromatic rings. The average molecular weight is 614 g/mol. The van der Waals surface area contributed by atoms with Gasteiger partial charge in [-0.2, -0.15) is 13.2 Å². The lowest BCUT2D eigenvalue weighted by atomic mass is 9.97. The van der Waals surface area contributed by atoms with E-state index < -0.39 is 11.7 Å². The summed E-state index contributed by atoms with van der Waals surface area (Å²) in [5, 5.41) is 3.05. The Hall–Kier alpha value is -4.43. The van der Waals surface area contributed by atoms with Crippen molar-refractivity contribution in [3.8, 4) is 11.1 Å². The van der Waals surface area contributed by atoms with Crippen molar-refractivity contribution in [3.63, 3.8) is 0 Å². The first-order chi connectivity index (χ1) is 21.6. The molecule has 0 spiro atoms. The third-order valence-corrected chi connectivity index (χ3v) is 8.41. The minimum absolute atomic E-state index is 0.236. The van der Waals surface area contributed by atoms with E-state index in [0.29, 0.717) is 28.8 Å². The Morgan fingerprint density at radius 2 is 1.42 bits per heavy atom. The number of hydrogen-bond donors (Lipinski definition) is 1. The lowest BCUT2D eigenvalue weighted by molar-refractivity contribution is -0.137. The molecule has 5 rings (SSSR count). The number of alkyl halides is 3. The summed E-state index contributed by atoms with van der Waals surface area (Å²) in [6.45, 7) is 9.00. The molecule has 45 heavy (non-hydrogen) atoms. The number of amides is 1. The molecule has 0 aromatic heterocycles. The molecule has 1 amide bonds. The zero-order valence-corrected chi connectivity index (χ0v) is 25.8. The number of aryl methyl sites for hydroxylation is 2. The average Bonchev–Trinajstić information content (AvgIpc) is 3.03. The number of rotatable bonds is 9. The van der Waals surface area contributed by atoms with Crippen LogP contribution in [-0.4, -0.2) is 42.8 Å². The van der Waals surface area contributed by atoms with Gasteiger partial charge in [0.1, 0.15) is 0 Å². The molecule has 5 nitrogen and oxygen atoms in total. The second-order valence-corrected chi connectivity index (χ2v) is 11.6. The van der Waals surface area contributed by atoms with E-state index in [2.05, 4.69) is 27.2 Å². The van der Waals surface area contributed by atoms with Crippen LogP contribution < -0.4 is 10.2 Å². The molecule has 0 radical (unpaired) electrons. The van der Waals surface area contributed by atoms with E-state index in [9.17, 15) is 22.8 Å². The molecule has 0 saturated carbocycles. The number of hydrogen-bond acceptors (Lipinski definition) is 4. The summed E-state index contributed by atoms with van der Waals surface area (Å²) in [6.07, 6.45) is -3.05. The number of Topliss-reactive ketones (excluding diaryl/α,β-unsaturated/α-hetero) is 1. The molecule has 1 aliphatic rings. The van der Waals surface area contributed by atoms with Crippen LogP contribution in [0, 0.1) is 13.8 Å². The van der Waals surface area contributed by atoms with Crippen LogP contribution in [0.3, 0.4) is 0 Å². The van der Waals surface area contributed by atoms with E-state index in [1.54, 1.807) is 24.3 Å². The maximum Gasteiger partial charge on any atom is 0.416 e. The molecule has 8 heteroatoms. The van der Waals surface area contributed by atoms with Crippen LogP contribution in [-0.2, 0) is 11.0 Å². The smallest absolute Gasteiger partial charge is 0.369 e. The van der Waals surface area contributed by atoms with Crippen molar-refractivity contribution in [1.29, 1.82) is 0 Å². The van der Waals surface area contributed by atoms with Gasteiger partial charge in [-0.3, -0.25) is 14.5 Å². The van der Waals surface area contributed by atoms with Gasteiger partial charge in [-0.05, 0) is 78.4 Å². The van der Waals surface area contributed by atoms with E-state index in [1.807, 2.05) is 51.1 Å². The van der Waals surface area contributed by atoms with Gasteiger partial charge in [-0.1, -0.05) is 67.6 Å². The van der Waals surface area contributed by atoms with Crippen LogP contribution in [0.4, 0.5) is 24.5 Å². The second-order valence-electron chi connectivity index (χ2n) is 11.6. The number of nitrogens with zero attached hydrogens (tertiary/aromatic N) is 2. The Morgan fingerprint density at radius 3 is 2.02 bits per heavy atom. The molecule has 4 aromatic carbocycles. The van der Waals surface area contributed by atoms with Crippen molar-refractivity contribution in [1.82, 2.24) is 4.90 Å². The number of piperazine rings is 1. The van der Waals surface area contributed by atoms with Gasteiger partial charge >= 0.3 is 6.18 Å². The maximum atomic E-state index is 13.5. The summed E-state index contributed by atoms with van der Waals surface area (Å²) in [6, 6.07) is 25.7. The van der Waals surface area contributed by atoms with Gasteiger partial charge in [0.2, 0.25) is 0 Å². The number of nitrogens with one attached hydrogen (secondary N) is 1. The van der Waals surface area contributed by atoms with Crippen molar-refractivity contribution >= 4 is 23.1 Å². The lowest BCUT2D eigenvalue weighted by Gasteiger charge is -2.40. The quantitative estimate of drug-likeness (QED) is 0.206. The van der Waals surface area contributed by atoms with E-state index in [0.717, 1.165) is 67.1 Å². The molecule has 0 bridgehead atoms. The molecule has 1 atom stereocenters. The normalized spacial score (nSPS) is 14.7. The first-order valence-corrected chi connectivity index (χ1v) is 15.3. The summed E-state index contributed by atoms with van der Waals surface area (Å²) >= 11 is 0. The maximum absolute atomic E-state index is 13.5. The fourth-order valence-electron chi connectivity index (χ4n) is 6.13. The molecular formula is C37H38F3N3O2. The Morgan fingerprint density at radius 1 is 0.822 bits per heavy atom. The van der Waals surface area contributed by atoms with Gasteiger partial charge in [0.15, 0.2) is 5.78 Å². The zero-order chi connectivity index (χ0) is 32.1. The molecule has 234 valence electrons. The highest BCUT2D eigenvalue weighted by Crippen LogP contribution is 2.34. The molecule has 1 saturated heterocycles. The Labute approximate surface area is 262 Å². The molecule has 0 aliphatic carbocycles. The summed E-state index contributed by atoms with van der Waals surface area (Å²) in [4.78, 5) is 31.2. The van der Waals surface area contributed by atoms with Crippen molar-refractivity contribution in [2.24, 2.45) is 0 Å². The van der Waals surface area contributed by atoms with Crippen molar-refractivity contribution < 1.29 is 22.8 Å². The Kier molecular flexibility index (Phi) is 9.73. The van der Waals surface area contributed by atoms with Gasteiger partial charge in [0.25, 0.3) is 5.91 Å². The first-order valence-electron chi connectivity index (χ1n) is 15.3. The van der Waals surface area contributed by atoms with Gasteiger partial charge in [-0.25, -0.2) is 0 Å². The topological polar surface area (TPSA) is 52.7 Å². The minimum Gasteiger partial charge on any atom is -0.369 e. The third kappa shape index (κ3) is 7.28. The number of ketones is 1. The largest absolute Gasteiger partial charge is 0.416 e. The molecule has 1 fully saturated rings. The van der Waals surface area contributed by atoms with Crippen molar-refractivity contribution in [2.75, 3.05) is 36.4 Å². The van der Waals surface area contributed by atoms with Crippen LogP contribution in [0.2, 0.25) is 0 Å². The van der Waals surface area contributed by atoms with Crippen LogP contribution in [0.1, 0.15) is 58.4 Å². The van der Waals surface area contributed by atoms with E-state index >= 15 is 0 Å². The fourth-order valence-corrected chi connectivity index (χ4v) is 6.13. The minimum atomic E-state index is -4.43. The summed E-state index contributed by atoms with van der Waals surface area (Å²) in [5.74, 6) is -0.0782. The Balaban J connectivity index is 1.30. The highest BCUT2D eigenvalue weighted by atomic mass is 19.4. The van der Waals surface area contributed by atoms with E-state index in [4.69, 9.17) is 0 Å². The van der Waals surface area contributed by atoms with Crippen LogP contribution >= 0.6 is 0 Å².